The van der Waals surface area contributed by atoms with Crippen LogP contribution in [-0.4, -0.2) is 15.9 Å². The average Bonchev–Trinajstić information content (AvgIpc) is 2.40. The fourth-order valence-corrected chi connectivity index (χ4v) is 1.28. The Bertz CT molecular complexity index is 566. The minimum atomic E-state index is -0.607. The predicted octanol–water partition coefficient (Wildman–Crippen LogP) is 2.21. The molecule has 0 spiro atoms. The number of ether oxygens (including phenoxy) is 1. The van der Waals surface area contributed by atoms with Crippen molar-refractivity contribution in [1.29, 1.82) is 0 Å². The first kappa shape index (κ1) is 11.7. The molecule has 6 nitrogen and oxygen atoms in total. The fourth-order valence-electron chi connectivity index (χ4n) is 1.28. The highest BCUT2D eigenvalue weighted by Gasteiger charge is 2.10. The van der Waals surface area contributed by atoms with Crippen LogP contribution in [0.2, 0.25) is 0 Å². The van der Waals surface area contributed by atoms with Crippen molar-refractivity contribution in [3.8, 4) is 5.75 Å². The SMILES string of the molecule is O=C(Oc1ccc([N+](=O)[O-])cc1)c1ccccn1. The van der Waals surface area contributed by atoms with E-state index in [1.54, 1.807) is 12.1 Å². The van der Waals surface area contributed by atoms with Gasteiger partial charge in [-0.25, -0.2) is 9.78 Å². The van der Waals surface area contributed by atoms with Gasteiger partial charge in [0.25, 0.3) is 5.69 Å². The first-order valence-corrected chi connectivity index (χ1v) is 5.04. The summed E-state index contributed by atoms with van der Waals surface area (Å²) >= 11 is 0. The highest BCUT2D eigenvalue weighted by Crippen LogP contribution is 2.18. The third-order valence-corrected chi connectivity index (χ3v) is 2.13. The van der Waals surface area contributed by atoms with Crippen molar-refractivity contribution in [3.63, 3.8) is 0 Å². The summed E-state index contributed by atoms with van der Waals surface area (Å²) in [5.41, 5.74) is 0.114. The average molecular weight is 244 g/mol. The number of benzene rings is 1. The van der Waals surface area contributed by atoms with Crippen LogP contribution in [0, 0.1) is 10.1 Å². The molecule has 0 unspecified atom stereocenters. The Balaban J connectivity index is 2.10. The third kappa shape index (κ3) is 2.67. The van der Waals surface area contributed by atoms with Crippen LogP contribution < -0.4 is 4.74 Å². The molecule has 0 saturated carbocycles. The number of hydrogen-bond acceptors (Lipinski definition) is 5. The Labute approximate surface area is 102 Å². The molecule has 0 aliphatic heterocycles. The van der Waals surface area contributed by atoms with Crippen molar-refractivity contribution in [2.45, 2.75) is 0 Å². The molecule has 0 amide bonds. The second-order valence-electron chi connectivity index (χ2n) is 3.36. The van der Waals surface area contributed by atoms with E-state index < -0.39 is 10.9 Å². The Morgan fingerprint density at radius 1 is 1.17 bits per heavy atom. The topological polar surface area (TPSA) is 82.3 Å². The summed E-state index contributed by atoms with van der Waals surface area (Å²) in [4.78, 5) is 25.4. The van der Waals surface area contributed by atoms with Crippen LogP contribution in [0.25, 0.3) is 0 Å². The molecular formula is C12H8N2O4. The van der Waals surface area contributed by atoms with Crippen LogP contribution in [0.5, 0.6) is 5.75 Å². The molecule has 0 atom stereocenters. The molecule has 0 aliphatic rings. The van der Waals surface area contributed by atoms with Gasteiger partial charge < -0.3 is 4.74 Å². The molecule has 6 heteroatoms. The van der Waals surface area contributed by atoms with E-state index in [4.69, 9.17) is 4.74 Å². The van der Waals surface area contributed by atoms with E-state index in [0.717, 1.165) is 0 Å². The lowest BCUT2D eigenvalue weighted by Gasteiger charge is -2.02. The largest absolute Gasteiger partial charge is 0.422 e. The molecule has 0 N–H and O–H groups in total. The van der Waals surface area contributed by atoms with Crippen LogP contribution >= 0.6 is 0 Å². The van der Waals surface area contributed by atoms with E-state index in [0.29, 0.717) is 0 Å². The van der Waals surface area contributed by atoms with Crippen molar-refractivity contribution in [1.82, 2.24) is 4.98 Å². The van der Waals surface area contributed by atoms with E-state index in [2.05, 4.69) is 4.98 Å². The Kier molecular flexibility index (Phi) is 3.29. The third-order valence-electron chi connectivity index (χ3n) is 2.13. The number of pyridine rings is 1. The maximum Gasteiger partial charge on any atom is 0.362 e. The van der Waals surface area contributed by atoms with Crippen LogP contribution in [-0.2, 0) is 0 Å². The van der Waals surface area contributed by atoms with Crippen molar-refractivity contribution in [2.75, 3.05) is 0 Å². The van der Waals surface area contributed by atoms with Crippen LogP contribution in [0.1, 0.15) is 10.5 Å². The summed E-state index contributed by atoms with van der Waals surface area (Å²) in [6.45, 7) is 0. The number of carbonyl (C=O) groups excluding carboxylic acids is 1. The molecule has 1 aromatic heterocycles. The second-order valence-corrected chi connectivity index (χ2v) is 3.36. The zero-order valence-electron chi connectivity index (χ0n) is 9.15. The lowest BCUT2D eigenvalue weighted by atomic mass is 10.3. The number of aromatic nitrogens is 1. The van der Waals surface area contributed by atoms with Gasteiger partial charge in [0.05, 0.1) is 4.92 Å². The Morgan fingerprint density at radius 2 is 1.89 bits per heavy atom. The smallest absolute Gasteiger partial charge is 0.362 e. The molecule has 1 aromatic carbocycles. The summed E-state index contributed by atoms with van der Waals surface area (Å²) in [5, 5.41) is 10.4. The maximum absolute atomic E-state index is 11.6. The molecule has 0 aliphatic carbocycles. The van der Waals surface area contributed by atoms with Crippen molar-refractivity contribution in [3.05, 3.63) is 64.5 Å². The number of rotatable bonds is 3. The lowest BCUT2D eigenvalue weighted by molar-refractivity contribution is -0.384. The normalized spacial score (nSPS) is 9.78. The van der Waals surface area contributed by atoms with Crippen LogP contribution in [0.3, 0.4) is 0 Å². The first-order valence-electron chi connectivity index (χ1n) is 5.04. The number of esters is 1. The van der Waals surface area contributed by atoms with Gasteiger partial charge in [0.2, 0.25) is 0 Å². The maximum atomic E-state index is 11.6. The molecule has 90 valence electrons. The van der Waals surface area contributed by atoms with Crippen molar-refractivity contribution in [2.24, 2.45) is 0 Å². The van der Waals surface area contributed by atoms with Gasteiger partial charge in [-0.15, -0.1) is 0 Å². The number of nitro groups is 1. The zero-order valence-corrected chi connectivity index (χ0v) is 9.15. The first-order chi connectivity index (χ1) is 8.66. The molecule has 1 heterocycles. The molecule has 0 saturated heterocycles. The number of hydrogen-bond donors (Lipinski definition) is 0. The van der Waals surface area contributed by atoms with Gasteiger partial charge in [-0.2, -0.15) is 0 Å². The Morgan fingerprint density at radius 3 is 2.44 bits per heavy atom. The highest BCUT2D eigenvalue weighted by atomic mass is 16.6. The highest BCUT2D eigenvalue weighted by molar-refractivity contribution is 5.88. The van der Waals surface area contributed by atoms with Gasteiger partial charge in [0, 0.05) is 18.3 Å². The molecule has 2 aromatic rings. The van der Waals surface area contributed by atoms with E-state index in [1.807, 2.05) is 0 Å². The van der Waals surface area contributed by atoms with Gasteiger partial charge in [-0.1, -0.05) is 6.07 Å². The minimum Gasteiger partial charge on any atom is -0.422 e. The quantitative estimate of drug-likeness (QED) is 0.358. The second kappa shape index (κ2) is 5.05. The van der Waals surface area contributed by atoms with E-state index in [9.17, 15) is 14.9 Å². The standard InChI is InChI=1S/C12H8N2O4/c15-12(11-3-1-2-8-13-11)18-10-6-4-9(5-7-10)14(16)17/h1-8H. The summed E-state index contributed by atoms with van der Waals surface area (Å²) < 4.78 is 5.01. The van der Waals surface area contributed by atoms with Gasteiger partial charge in [-0.05, 0) is 24.3 Å². The van der Waals surface area contributed by atoms with Gasteiger partial charge in [0.15, 0.2) is 0 Å². The molecule has 0 radical (unpaired) electrons. The van der Waals surface area contributed by atoms with Gasteiger partial charge >= 0.3 is 5.97 Å². The van der Waals surface area contributed by atoms with E-state index >= 15 is 0 Å². The summed E-state index contributed by atoms with van der Waals surface area (Å²) in [5.74, 6) is -0.374. The van der Waals surface area contributed by atoms with Crippen molar-refractivity contribution >= 4 is 11.7 Å². The lowest BCUT2D eigenvalue weighted by Crippen LogP contribution is -2.09. The molecule has 0 fully saturated rings. The number of carbonyl (C=O) groups is 1. The van der Waals surface area contributed by atoms with E-state index in [-0.39, 0.29) is 17.1 Å². The minimum absolute atomic E-state index is 0.0624. The number of nitrogens with zero attached hydrogens (tertiary/aromatic N) is 2. The zero-order chi connectivity index (χ0) is 13.0. The van der Waals surface area contributed by atoms with Crippen LogP contribution in [0.4, 0.5) is 5.69 Å². The molecule has 18 heavy (non-hydrogen) atoms. The summed E-state index contributed by atoms with van der Waals surface area (Å²) in [6, 6.07) is 10.1. The fraction of sp³-hybridized carbons (Fsp3) is 0. The van der Waals surface area contributed by atoms with Crippen molar-refractivity contribution < 1.29 is 14.5 Å². The summed E-state index contributed by atoms with van der Waals surface area (Å²) in [6.07, 6.45) is 1.48. The Hall–Kier alpha value is -2.76. The predicted molar refractivity (Wildman–Crippen MR) is 62.3 cm³/mol. The van der Waals surface area contributed by atoms with Crippen LogP contribution in [0.15, 0.2) is 48.7 Å². The summed E-state index contributed by atoms with van der Waals surface area (Å²) in [7, 11) is 0. The molecule has 2 rings (SSSR count). The van der Waals surface area contributed by atoms with E-state index in [1.165, 1.54) is 36.5 Å². The molecular weight excluding hydrogens is 236 g/mol. The number of non-ortho nitro benzene ring substituents is 1. The number of nitro benzene ring substituents is 1. The molecule has 0 bridgehead atoms. The van der Waals surface area contributed by atoms with Gasteiger partial charge in [-0.3, -0.25) is 10.1 Å². The van der Waals surface area contributed by atoms with Gasteiger partial charge in [0.1, 0.15) is 11.4 Å². The monoisotopic (exact) mass is 244 g/mol.